The van der Waals surface area contributed by atoms with Gasteiger partial charge in [-0.2, -0.15) is 15.1 Å². The van der Waals surface area contributed by atoms with E-state index in [0.29, 0.717) is 29.9 Å². The molecule has 0 N–H and O–H groups in total. The van der Waals surface area contributed by atoms with Crippen LogP contribution in [0.3, 0.4) is 0 Å². The molecular weight excluding hydrogens is 459 g/mol. The number of benzene rings is 2. The lowest BCUT2D eigenvalue weighted by atomic mass is 9.79. The number of rotatable bonds is 4. The molecule has 36 heavy (non-hydrogen) atoms. The predicted molar refractivity (Wildman–Crippen MR) is 137 cm³/mol. The fourth-order valence-electron chi connectivity index (χ4n) is 5.78. The highest BCUT2D eigenvalue weighted by atomic mass is 19.1. The number of fused-ring (bicyclic) bond motifs is 2. The topological polar surface area (TPSA) is 76.4 Å². The van der Waals surface area contributed by atoms with Gasteiger partial charge in [0.1, 0.15) is 11.3 Å². The summed E-state index contributed by atoms with van der Waals surface area (Å²) in [5.41, 5.74) is 3.35. The Balaban J connectivity index is 1.44. The summed E-state index contributed by atoms with van der Waals surface area (Å²) in [5.74, 6) is 0.205. The molecule has 0 aliphatic carbocycles. The van der Waals surface area contributed by atoms with E-state index in [2.05, 4.69) is 26.5 Å². The summed E-state index contributed by atoms with van der Waals surface area (Å²) in [4.78, 5) is 25.0. The van der Waals surface area contributed by atoms with Gasteiger partial charge in [0.15, 0.2) is 5.82 Å². The molecule has 0 atom stereocenters. The molecule has 1 spiro atoms. The number of carbonyl (C=O) groups is 1. The molecule has 0 radical (unpaired) electrons. The first kappa shape index (κ1) is 22.5. The summed E-state index contributed by atoms with van der Waals surface area (Å²) in [7, 11) is 3.35. The Bertz CT molecular complexity index is 1560. The lowest BCUT2D eigenvalue weighted by molar-refractivity contribution is -0.136. The predicted octanol–water partition coefficient (Wildman–Crippen LogP) is 3.86. The van der Waals surface area contributed by atoms with Gasteiger partial charge in [-0.25, -0.2) is 4.39 Å². The number of aryl methyl sites for hydroxylation is 2. The third kappa shape index (κ3) is 3.26. The van der Waals surface area contributed by atoms with Gasteiger partial charge in [-0.15, -0.1) is 0 Å². The van der Waals surface area contributed by atoms with Crippen LogP contribution in [0.5, 0.6) is 6.01 Å². The van der Waals surface area contributed by atoms with E-state index in [-0.39, 0.29) is 22.8 Å². The molecule has 4 heterocycles. The average Bonchev–Trinajstić information content (AvgIpc) is 3.47. The number of halogens is 1. The van der Waals surface area contributed by atoms with Crippen molar-refractivity contribution in [2.24, 2.45) is 12.5 Å². The van der Waals surface area contributed by atoms with Crippen molar-refractivity contribution in [2.75, 3.05) is 38.2 Å². The zero-order valence-electron chi connectivity index (χ0n) is 20.6. The van der Waals surface area contributed by atoms with Gasteiger partial charge in [-0.1, -0.05) is 24.8 Å². The van der Waals surface area contributed by atoms with E-state index in [1.807, 2.05) is 43.1 Å². The molecular formula is C27H27FN6O2. The Kier molecular flexibility index (Phi) is 5.00. The third-order valence-electron chi connectivity index (χ3n) is 7.61. The number of aromatic nitrogens is 4. The molecule has 2 saturated heterocycles. The molecule has 6 rings (SSSR count). The van der Waals surface area contributed by atoms with E-state index >= 15 is 4.39 Å². The summed E-state index contributed by atoms with van der Waals surface area (Å²) < 4.78 is 23.4. The molecule has 9 heteroatoms. The van der Waals surface area contributed by atoms with E-state index in [0.717, 1.165) is 41.5 Å². The van der Waals surface area contributed by atoms with Crippen molar-refractivity contribution in [3.63, 3.8) is 0 Å². The van der Waals surface area contributed by atoms with E-state index in [1.54, 1.807) is 10.9 Å². The van der Waals surface area contributed by atoms with Crippen LogP contribution in [0, 0.1) is 18.2 Å². The van der Waals surface area contributed by atoms with E-state index in [9.17, 15) is 4.79 Å². The lowest BCUT2D eigenvalue weighted by Gasteiger charge is -2.47. The summed E-state index contributed by atoms with van der Waals surface area (Å²) in [5, 5.41) is 5.96. The Morgan fingerprint density at radius 2 is 2.00 bits per heavy atom. The minimum atomic E-state index is -0.411. The van der Waals surface area contributed by atoms with Crippen LogP contribution in [0.25, 0.3) is 32.9 Å². The van der Waals surface area contributed by atoms with Gasteiger partial charge in [0.05, 0.1) is 18.8 Å². The number of amides is 1. The normalized spacial score (nSPS) is 16.7. The van der Waals surface area contributed by atoms with E-state index < -0.39 is 5.82 Å². The van der Waals surface area contributed by atoms with Crippen molar-refractivity contribution >= 4 is 33.5 Å². The maximum Gasteiger partial charge on any atom is 0.318 e. The van der Waals surface area contributed by atoms with E-state index in [1.165, 1.54) is 13.2 Å². The molecule has 2 aliphatic heterocycles. The molecule has 0 unspecified atom stereocenters. The van der Waals surface area contributed by atoms with Crippen LogP contribution in [0.4, 0.5) is 10.2 Å². The molecule has 4 aromatic rings. The first-order valence-corrected chi connectivity index (χ1v) is 12.0. The van der Waals surface area contributed by atoms with Crippen molar-refractivity contribution in [1.29, 1.82) is 0 Å². The summed E-state index contributed by atoms with van der Waals surface area (Å²) >= 11 is 0. The molecule has 184 valence electrons. The molecule has 1 amide bonds. The third-order valence-corrected chi connectivity index (χ3v) is 7.61. The number of nitrogens with zero attached hydrogens (tertiary/aromatic N) is 6. The van der Waals surface area contributed by atoms with Crippen molar-refractivity contribution < 1.29 is 13.9 Å². The Morgan fingerprint density at radius 1 is 1.19 bits per heavy atom. The van der Waals surface area contributed by atoms with Gasteiger partial charge >= 0.3 is 6.01 Å². The van der Waals surface area contributed by atoms with E-state index in [4.69, 9.17) is 4.74 Å². The highest BCUT2D eigenvalue weighted by Crippen LogP contribution is 2.43. The summed E-state index contributed by atoms with van der Waals surface area (Å²) in [6.07, 6.45) is 4.08. The Morgan fingerprint density at radius 3 is 2.75 bits per heavy atom. The zero-order valence-corrected chi connectivity index (χ0v) is 20.6. The van der Waals surface area contributed by atoms with Gasteiger partial charge in [-0.3, -0.25) is 9.48 Å². The second-order valence-electron chi connectivity index (χ2n) is 9.89. The number of ether oxygens (including phenoxy) is 1. The molecule has 2 aliphatic rings. The Hall–Kier alpha value is -4.01. The summed E-state index contributed by atoms with van der Waals surface area (Å²) in [6.45, 7) is 8.45. The van der Waals surface area contributed by atoms with Crippen LogP contribution in [0.15, 0.2) is 43.1 Å². The largest absolute Gasteiger partial charge is 0.467 e. The quantitative estimate of drug-likeness (QED) is 0.408. The van der Waals surface area contributed by atoms with Crippen LogP contribution in [-0.4, -0.2) is 63.8 Å². The highest BCUT2D eigenvalue weighted by molar-refractivity contribution is 6.00. The van der Waals surface area contributed by atoms with Gasteiger partial charge in [0, 0.05) is 60.5 Å². The zero-order chi connectivity index (χ0) is 25.2. The maximum atomic E-state index is 16.2. The first-order chi connectivity index (χ1) is 17.3. The molecule has 2 aromatic heterocycles. The second-order valence-corrected chi connectivity index (χ2v) is 9.89. The SMILES string of the molecule is C=CC(=O)N1CC2(CCN(c3nc(OC)nc4c(F)c(-c5c(C)ccc6cnn(C)c56)ccc34)C2)C1. The molecule has 0 bridgehead atoms. The number of hydrogen-bond donors (Lipinski definition) is 0. The minimum absolute atomic E-state index is 0.0218. The van der Waals surface area contributed by atoms with Crippen molar-refractivity contribution in [3.05, 3.63) is 54.5 Å². The van der Waals surface area contributed by atoms with Crippen LogP contribution in [-0.2, 0) is 11.8 Å². The molecule has 2 aromatic carbocycles. The highest BCUT2D eigenvalue weighted by Gasteiger charge is 2.49. The fraction of sp³-hybridized carbons (Fsp3) is 0.333. The molecule has 2 fully saturated rings. The number of likely N-dealkylation sites (tertiary alicyclic amines) is 1. The van der Waals surface area contributed by atoms with Gasteiger partial charge in [0.25, 0.3) is 0 Å². The number of carbonyl (C=O) groups excluding carboxylic acids is 1. The van der Waals surface area contributed by atoms with Crippen LogP contribution in [0.1, 0.15) is 12.0 Å². The van der Waals surface area contributed by atoms with Gasteiger partial charge in [-0.05, 0) is 31.1 Å². The number of methoxy groups -OCH3 is 1. The lowest BCUT2D eigenvalue weighted by Crippen LogP contribution is -2.59. The maximum absolute atomic E-state index is 16.2. The minimum Gasteiger partial charge on any atom is -0.467 e. The Labute approximate surface area is 208 Å². The van der Waals surface area contributed by atoms with Crippen molar-refractivity contribution in [3.8, 4) is 17.1 Å². The summed E-state index contributed by atoms with van der Waals surface area (Å²) in [6, 6.07) is 7.82. The van der Waals surface area contributed by atoms with Crippen molar-refractivity contribution in [2.45, 2.75) is 13.3 Å². The average molecular weight is 487 g/mol. The van der Waals surface area contributed by atoms with Gasteiger partial charge < -0.3 is 14.5 Å². The fourth-order valence-corrected chi connectivity index (χ4v) is 5.78. The van der Waals surface area contributed by atoms with Crippen LogP contribution in [0.2, 0.25) is 0 Å². The van der Waals surface area contributed by atoms with Crippen LogP contribution >= 0.6 is 0 Å². The van der Waals surface area contributed by atoms with Crippen molar-refractivity contribution in [1.82, 2.24) is 24.6 Å². The second kappa shape index (κ2) is 8.01. The standard InChI is InChI=1S/C27H27FN6O2/c1-5-20(35)34-14-27(15-34)10-11-33(13-27)25-19-9-8-18(22(28)23(19)30-26(31-25)36-4)21-16(2)6-7-17-12-29-32(3)24(17)21/h5-9,12H,1,10-11,13-15H2,2-4H3. The van der Waals surface area contributed by atoms with Crippen LogP contribution < -0.4 is 9.64 Å². The smallest absolute Gasteiger partial charge is 0.318 e. The van der Waals surface area contributed by atoms with Gasteiger partial charge in [0.2, 0.25) is 5.91 Å². The number of anilines is 1. The number of hydrogen-bond acceptors (Lipinski definition) is 6. The first-order valence-electron chi connectivity index (χ1n) is 12.0. The monoisotopic (exact) mass is 486 g/mol. The molecule has 8 nitrogen and oxygen atoms in total. The molecule has 0 saturated carbocycles.